The molecule has 0 aliphatic rings. The van der Waals surface area contributed by atoms with Gasteiger partial charge in [-0.25, -0.2) is 9.67 Å². The Labute approximate surface area is 90.5 Å². The summed E-state index contributed by atoms with van der Waals surface area (Å²) >= 11 is 5.90. The second-order valence-corrected chi connectivity index (χ2v) is 3.63. The zero-order valence-corrected chi connectivity index (χ0v) is 8.44. The second-order valence-electron chi connectivity index (χ2n) is 3.19. The van der Waals surface area contributed by atoms with Crippen LogP contribution in [0.5, 0.6) is 0 Å². The number of H-pyrrole nitrogens is 1. The van der Waals surface area contributed by atoms with Crippen molar-refractivity contribution in [2.75, 3.05) is 0 Å². The monoisotopic (exact) mass is 218 g/mol. The van der Waals surface area contributed by atoms with Crippen molar-refractivity contribution in [3.8, 4) is 5.69 Å². The zero-order chi connectivity index (χ0) is 10.3. The number of hydrogen-bond donors (Lipinski definition) is 1. The number of aromatic amines is 1. The molecule has 0 atom stereocenters. The smallest absolute Gasteiger partial charge is 0.199 e. The van der Waals surface area contributed by atoms with Gasteiger partial charge in [-0.1, -0.05) is 17.7 Å². The number of aromatic nitrogens is 4. The number of benzene rings is 1. The molecule has 15 heavy (non-hydrogen) atoms. The van der Waals surface area contributed by atoms with Gasteiger partial charge in [-0.3, -0.25) is 0 Å². The lowest BCUT2D eigenvalue weighted by Crippen LogP contribution is -1.93. The Bertz CT molecular complexity index is 582. The number of imidazole rings is 1. The average molecular weight is 219 g/mol. The molecule has 5 heteroatoms. The number of fused-ring (bicyclic) bond motifs is 1. The van der Waals surface area contributed by atoms with E-state index in [1.807, 2.05) is 30.5 Å². The Balaban J connectivity index is 2.17. The van der Waals surface area contributed by atoms with Crippen molar-refractivity contribution < 1.29 is 0 Å². The number of rotatable bonds is 1. The molecule has 0 bridgehead atoms. The first kappa shape index (κ1) is 8.49. The summed E-state index contributed by atoms with van der Waals surface area (Å²) in [5, 5.41) is 4.99. The molecule has 1 N–H and O–H groups in total. The van der Waals surface area contributed by atoms with Crippen LogP contribution in [0.1, 0.15) is 0 Å². The Morgan fingerprint density at radius 1 is 1.33 bits per heavy atom. The van der Waals surface area contributed by atoms with Crippen LogP contribution in [0.15, 0.2) is 36.8 Å². The van der Waals surface area contributed by atoms with Gasteiger partial charge in [0.2, 0.25) is 0 Å². The van der Waals surface area contributed by atoms with E-state index in [-0.39, 0.29) is 0 Å². The molecule has 0 unspecified atom stereocenters. The molecule has 4 nitrogen and oxygen atoms in total. The van der Waals surface area contributed by atoms with E-state index in [0.717, 1.165) is 11.2 Å². The van der Waals surface area contributed by atoms with Gasteiger partial charge in [0.1, 0.15) is 5.52 Å². The molecule has 1 aromatic carbocycles. The van der Waals surface area contributed by atoms with E-state index in [0.29, 0.717) is 10.7 Å². The summed E-state index contributed by atoms with van der Waals surface area (Å²) < 4.78 is 1.75. The minimum absolute atomic E-state index is 0.694. The molecule has 0 saturated heterocycles. The van der Waals surface area contributed by atoms with Crippen LogP contribution in [0.2, 0.25) is 5.02 Å². The number of halogens is 1. The van der Waals surface area contributed by atoms with Crippen molar-refractivity contribution in [2.24, 2.45) is 0 Å². The van der Waals surface area contributed by atoms with Crippen LogP contribution in [-0.2, 0) is 0 Å². The number of nitrogens with zero attached hydrogens (tertiary/aromatic N) is 3. The van der Waals surface area contributed by atoms with Gasteiger partial charge in [0.25, 0.3) is 0 Å². The molecule has 0 amide bonds. The van der Waals surface area contributed by atoms with E-state index in [9.17, 15) is 0 Å². The molecule has 0 spiro atoms. The van der Waals surface area contributed by atoms with Crippen molar-refractivity contribution in [1.82, 2.24) is 19.7 Å². The summed E-state index contributed by atoms with van der Waals surface area (Å²) in [7, 11) is 0. The molecule has 0 fully saturated rings. The fraction of sp³-hybridized carbons (Fsp3) is 0. The predicted molar refractivity (Wildman–Crippen MR) is 58.2 cm³/mol. The maximum absolute atomic E-state index is 5.90. The van der Waals surface area contributed by atoms with E-state index in [1.165, 1.54) is 0 Å². The molecule has 3 rings (SSSR count). The van der Waals surface area contributed by atoms with E-state index in [1.54, 1.807) is 11.0 Å². The molecule has 0 aliphatic heterocycles. The van der Waals surface area contributed by atoms with Gasteiger partial charge in [-0.2, -0.15) is 0 Å². The maximum atomic E-state index is 5.90. The van der Waals surface area contributed by atoms with Crippen molar-refractivity contribution in [3.05, 3.63) is 41.8 Å². The highest BCUT2D eigenvalue weighted by Crippen LogP contribution is 2.16. The largest absolute Gasteiger partial charge is 0.342 e. The summed E-state index contributed by atoms with van der Waals surface area (Å²) in [6.45, 7) is 0. The lowest BCUT2D eigenvalue weighted by Gasteiger charge is -1.99. The Morgan fingerprint density at radius 2 is 2.27 bits per heavy atom. The molecular weight excluding hydrogens is 212 g/mol. The Morgan fingerprint density at radius 3 is 3.07 bits per heavy atom. The normalized spacial score (nSPS) is 11.0. The molecule has 74 valence electrons. The number of nitrogens with one attached hydrogen (secondary N) is 1. The SMILES string of the molecule is Clc1cccc(-n2cc3[nH]cnc3n2)c1. The first-order valence-electron chi connectivity index (χ1n) is 4.47. The summed E-state index contributed by atoms with van der Waals surface area (Å²) in [6, 6.07) is 7.52. The molecule has 0 aliphatic carbocycles. The molecule has 2 heterocycles. The fourth-order valence-electron chi connectivity index (χ4n) is 1.48. The third-order valence-electron chi connectivity index (χ3n) is 2.17. The highest BCUT2D eigenvalue weighted by Gasteiger charge is 2.03. The molecule has 3 aromatic rings. The van der Waals surface area contributed by atoms with Crippen LogP contribution in [0, 0.1) is 0 Å². The predicted octanol–water partition coefficient (Wildman–Crippen LogP) is 2.40. The van der Waals surface area contributed by atoms with Crippen LogP contribution in [0.4, 0.5) is 0 Å². The molecule has 0 saturated carbocycles. The lowest BCUT2D eigenvalue weighted by atomic mass is 10.3. The zero-order valence-electron chi connectivity index (χ0n) is 7.68. The summed E-state index contributed by atoms with van der Waals surface area (Å²) in [5.41, 5.74) is 2.54. The van der Waals surface area contributed by atoms with Crippen LogP contribution in [0.3, 0.4) is 0 Å². The van der Waals surface area contributed by atoms with Gasteiger partial charge in [0, 0.05) is 5.02 Å². The van der Waals surface area contributed by atoms with Gasteiger partial charge in [0.05, 0.1) is 18.2 Å². The van der Waals surface area contributed by atoms with Gasteiger partial charge in [0.15, 0.2) is 5.65 Å². The first-order valence-corrected chi connectivity index (χ1v) is 4.85. The third-order valence-corrected chi connectivity index (χ3v) is 2.41. The van der Waals surface area contributed by atoms with E-state index in [2.05, 4.69) is 15.1 Å². The van der Waals surface area contributed by atoms with Crippen LogP contribution in [-0.4, -0.2) is 19.7 Å². The lowest BCUT2D eigenvalue weighted by molar-refractivity contribution is 0.887. The van der Waals surface area contributed by atoms with Gasteiger partial charge >= 0.3 is 0 Å². The highest BCUT2D eigenvalue weighted by atomic mass is 35.5. The van der Waals surface area contributed by atoms with Gasteiger partial charge < -0.3 is 4.98 Å². The first-order chi connectivity index (χ1) is 7.33. The molecule has 0 radical (unpaired) electrons. The quantitative estimate of drug-likeness (QED) is 0.682. The third kappa shape index (κ3) is 1.39. The van der Waals surface area contributed by atoms with Crippen molar-refractivity contribution in [2.45, 2.75) is 0 Å². The van der Waals surface area contributed by atoms with Gasteiger partial charge in [-0.05, 0) is 18.2 Å². The van der Waals surface area contributed by atoms with Crippen LogP contribution < -0.4 is 0 Å². The molecular formula is C10H7ClN4. The molecule has 2 aromatic heterocycles. The minimum Gasteiger partial charge on any atom is -0.342 e. The van der Waals surface area contributed by atoms with E-state index < -0.39 is 0 Å². The summed E-state index contributed by atoms with van der Waals surface area (Å²) in [5.74, 6) is 0. The summed E-state index contributed by atoms with van der Waals surface area (Å²) in [4.78, 5) is 7.06. The van der Waals surface area contributed by atoms with Crippen molar-refractivity contribution in [1.29, 1.82) is 0 Å². The minimum atomic E-state index is 0.694. The van der Waals surface area contributed by atoms with Crippen molar-refractivity contribution in [3.63, 3.8) is 0 Å². The topological polar surface area (TPSA) is 46.5 Å². The van der Waals surface area contributed by atoms with Crippen LogP contribution in [0.25, 0.3) is 16.9 Å². The van der Waals surface area contributed by atoms with E-state index in [4.69, 9.17) is 11.6 Å². The second kappa shape index (κ2) is 3.10. The Kier molecular flexibility index (Phi) is 1.76. The summed E-state index contributed by atoms with van der Waals surface area (Å²) in [6.07, 6.45) is 3.51. The highest BCUT2D eigenvalue weighted by molar-refractivity contribution is 6.30. The standard InChI is InChI=1S/C10H7ClN4/c11-7-2-1-3-8(4-7)15-5-9-10(14-15)13-6-12-9/h1-6H,(H,12,13,14). The fourth-order valence-corrected chi connectivity index (χ4v) is 1.66. The maximum Gasteiger partial charge on any atom is 0.199 e. The Hall–Kier alpha value is -1.81. The van der Waals surface area contributed by atoms with Crippen molar-refractivity contribution >= 4 is 22.8 Å². The van der Waals surface area contributed by atoms with Gasteiger partial charge in [-0.15, -0.1) is 5.10 Å². The van der Waals surface area contributed by atoms with E-state index >= 15 is 0 Å². The average Bonchev–Trinajstić information content (AvgIpc) is 2.76. The van der Waals surface area contributed by atoms with Crippen LogP contribution >= 0.6 is 11.6 Å². The number of hydrogen-bond acceptors (Lipinski definition) is 2.